The Morgan fingerprint density at radius 3 is 2.62 bits per heavy atom. The number of aliphatic carboxylic acids is 1. The van der Waals surface area contributed by atoms with Crippen LogP contribution in [0.25, 0.3) is 0 Å². The van der Waals surface area contributed by atoms with E-state index < -0.39 is 5.97 Å². The molecule has 3 unspecified atom stereocenters. The van der Waals surface area contributed by atoms with Gasteiger partial charge in [-0.05, 0) is 25.3 Å². The first-order valence-electron chi connectivity index (χ1n) is 5.72. The number of hydrogen-bond donors (Lipinski definition) is 2. The van der Waals surface area contributed by atoms with Crippen molar-refractivity contribution in [3.63, 3.8) is 0 Å². The zero-order valence-corrected chi connectivity index (χ0v) is 9.39. The van der Waals surface area contributed by atoms with Gasteiger partial charge in [-0.25, -0.2) is 0 Å². The molecule has 3 atom stereocenters. The second kappa shape index (κ2) is 4.66. The summed E-state index contributed by atoms with van der Waals surface area (Å²) in [4.78, 5) is 11.2. The van der Waals surface area contributed by atoms with Crippen LogP contribution in [0.3, 0.4) is 0 Å². The highest BCUT2D eigenvalue weighted by atomic mass is 16.4. The van der Waals surface area contributed by atoms with Crippen molar-refractivity contribution in [3.05, 3.63) is 35.9 Å². The number of rotatable bonds is 2. The third-order valence-corrected chi connectivity index (χ3v) is 3.25. The van der Waals surface area contributed by atoms with Crippen LogP contribution in [-0.2, 0) is 4.79 Å². The third-order valence-electron chi connectivity index (χ3n) is 3.25. The predicted octanol–water partition coefficient (Wildman–Crippen LogP) is 2.20. The lowest BCUT2D eigenvalue weighted by Crippen LogP contribution is -2.43. The molecule has 0 amide bonds. The van der Waals surface area contributed by atoms with Gasteiger partial charge in [0.05, 0.1) is 5.92 Å². The van der Waals surface area contributed by atoms with Gasteiger partial charge in [0.1, 0.15) is 0 Å². The van der Waals surface area contributed by atoms with Crippen LogP contribution in [0.2, 0.25) is 0 Å². The predicted molar refractivity (Wildman–Crippen MR) is 62.1 cm³/mol. The molecule has 2 N–H and O–H groups in total. The molecule has 1 heterocycles. The normalized spacial score (nSPS) is 29.9. The van der Waals surface area contributed by atoms with E-state index in [0.29, 0.717) is 6.04 Å². The highest BCUT2D eigenvalue weighted by Gasteiger charge is 2.33. The van der Waals surface area contributed by atoms with E-state index in [0.717, 1.165) is 18.4 Å². The highest BCUT2D eigenvalue weighted by Crippen LogP contribution is 2.31. The van der Waals surface area contributed by atoms with Crippen molar-refractivity contribution < 1.29 is 9.90 Å². The summed E-state index contributed by atoms with van der Waals surface area (Å²) in [5.74, 6) is -1.01. The molecule has 0 aromatic heterocycles. The van der Waals surface area contributed by atoms with Crippen molar-refractivity contribution in [2.24, 2.45) is 5.92 Å². The Bertz CT molecular complexity index is 363. The van der Waals surface area contributed by atoms with E-state index in [9.17, 15) is 9.90 Å². The SMILES string of the molecule is CC1CCC(C(=O)O)C(c2ccccc2)N1. The largest absolute Gasteiger partial charge is 0.481 e. The van der Waals surface area contributed by atoms with E-state index in [-0.39, 0.29) is 12.0 Å². The Hall–Kier alpha value is -1.35. The standard InChI is InChI=1S/C13H17NO2/c1-9-7-8-11(13(15)16)12(14-9)10-5-3-2-4-6-10/h2-6,9,11-12,14H,7-8H2,1H3,(H,15,16). The zero-order chi connectivity index (χ0) is 11.5. The Balaban J connectivity index is 2.24. The average molecular weight is 219 g/mol. The minimum Gasteiger partial charge on any atom is -0.481 e. The quantitative estimate of drug-likeness (QED) is 0.801. The van der Waals surface area contributed by atoms with Gasteiger partial charge in [0, 0.05) is 12.1 Å². The fourth-order valence-electron chi connectivity index (χ4n) is 2.36. The van der Waals surface area contributed by atoms with Crippen molar-refractivity contribution in [2.75, 3.05) is 0 Å². The zero-order valence-electron chi connectivity index (χ0n) is 9.39. The molecule has 0 saturated carbocycles. The van der Waals surface area contributed by atoms with Gasteiger partial charge in [-0.15, -0.1) is 0 Å². The molecule has 1 fully saturated rings. The molecule has 1 aromatic rings. The minimum atomic E-state index is -0.701. The second-order valence-corrected chi connectivity index (χ2v) is 4.48. The summed E-state index contributed by atoms with van der Waals surface area (Å²) in [5.41, 5.74) is 1.07. The first-order chi connectivity index (χ1) is 7.68. The molecule has 3 nitrogen and oxygen atoms in total. The summed E-state index contributed by atoms with van der Waals surface area (Å²) in [7, 11) is 0. The average Bonchev–Trinajstić information content (AvgIpc) is 2.29. The van der Waals surface area contributed by atoms with Crippen LogP contribution >= 0.6 is 0 Å². The Labute approximate surface area is 95.5 Å². The van der Waals surface area contributed by atoms with Crippen LogP contribution in [-0.4, -0.2) is 17.1 Å². The molecule has 0 spiro atoms. The Kier molecular flexibility index (Phi) is 3.25. The maximum absolute atomic E-state index is 11.2. The highest BCUT2D eigenvalue weighted by molar-refractivity contribution is 5.71. The minimum absolute atomic E-state index is 0.0533. The molecule has 86 valence electrons. The van der Waals surface area contributed by atoms with E-state index >= 15 is 0 Å². The topological polar surface area (TPSA) is 49.3 Å². The van der Waals surface area contributed by atoms with Crippen LogP contribution in [0.1, 0.15) is 31.4 Å². The van der Waals surface area contributed by atoms with E-state index in [4.69, 9.17) is 0 Å². The lowest BCUT2D eigenvalue weighted by atomic mass is 9.84. The van der Waals surface area contributed by atoms with Crippen molar-refractivity contribution in [3.8, 4) is 0 Å². The van der Waals surface area contributed by atoms with Crippen LogP contribution in [0.5, 0.6) is 0 Å². The van der Waals surface area contributed by atoms with E-state index in [1.165, 1.54) is 0 Å². The molecule has 0 radical (unpaired) electrons. The van der Waals surface area contributed by atoms with Gasteiger partial charge in [-0.1, -0.05) is 30.3 Å². The smallest absolute Gasteiger partial charge is 0.308 e. The fourth-order valence-corrected chi connectivity index (χ4v) is 2.36. The number of nitrogens with one attached hydrogen (secondary N) is 1. The molecule has 1 aliphatic rings. The summed E-state index contributed by atoms with van der Waals surface area (Å²) >= 11 is 0. The molecular weight excluding hydrogens is 202 g/mol. The van der Waals surface area contributed by atoms with Crippen LogP contribution in [0, 0.1) is 5.92 Å². The lowest BCUT2D eigenvalue weighted by Gasteiger charge is -2.34. The fraction of sp³-hybridized carbons (Fsp3) is 0.462. The van der Waals surface area contributed by atoms with Crippen molar-refractivity contribution >= 4 is 5.97 Å². The molecule has 3 heteroatoms. The van der Waals surface area contributed by atoms with Crippen LogP contribution in [0.4, 0.5) is 0 Å². The summed E-state index contributed by atoms with van der Waals surface area (Å²) in [6, 6.07) is 10.2. The summed E-state index contributed by atoms with van der Waals surface area (Å²) in [6.07, 6.45) is 1.68. The van der Waals surface area contributed by atoms with Gasteiger partial charge >= 0.3 is 5.97 Å². The van der Waals surface area contributed by atoms with Gasteiger partial charge in [0.25, 0.3) is 0 Å². The van der Waals surface area contributed by atoms with Crippen molar-refractivity contribution in [2.45, 2.75) is 31.8 Å². The summed E-state index contributed by atoms with van der Waals surface area (Å²) < 4.78 is 0. The first-order valence-corrected chi connectivity index (χ1v) is 5.72. The van der Waals surface area contributed by atoms with Gasteiger partial charge < -0.3 is 10.4 Å². The molecule has 2 rings (SSSR count). The first kappa shape index (κ1) is 11.1. The molecule has 1 aliphatic heterocycles. The number of carboxylic acids is 1. The molecule has 0 aliphatic carbocycles. The van der Waals surface area contributed by atoms with Gasteiger partial charge in [-0.3, -0.25) is 4.79 Å². The molecule has 16 heavy (non-hydrogen) atoms. The maximum atomic E-state index is 11.2. The van der Waals surface area contributed by atoms with E-state index in [1.54, 1.807) is 0 Å². The van der Waals surface area contributed by atoms with Crippen LogP contribution in [0.15, 0.2) is 30.3 Å². The molecule has 0 bridgehead atoms. The van der Waals surface area contributed by atoms with Crippen molar-refractivity contribution in [1.82, 2.24) is 5.32 Å². The van der Waals surface area contributed by atoms with E-state index in [2.05, 4.69) is 12.2 Å². The number of carbonyl (C=O) groups is 1. The van der Waals surface area contributed by atoms with Gasteiger partial charge in [0.15, 0.2) is 0 Å². The number of benzene rings is 1. The molecule has 1 saturated heterocycles. The summed E-state index contributed by atoms with van der Waals surface area (Å²) in [5, 5.41) is 12.6. The number of carboxylic acid groups (broad SMARTS) is 1. The lowest BCUT2D eigenvalue weighted by molar-refractivity contribution is -0.144. The van der Waals surface area contributed by atoms with E-state index in [1.807, 2.05) is 30.3 Å². The molecule has 1 aromatic carbocycles. The number of piperidine rings is 1. The maximum Gasteiger partial charge on any atom is 0.308 e. The van der Waals surface area contributed by atoms with Crippen molar-refractivity contribution in [1.29, 1.82) is 0 Å². The van der Waals surface area contributed by atoms with Crippen LogP contribution < -0.4 is 5.32 Å². The second-order valence-electron chi connectivity index (χ2n) is 4.48. The van der Waals surface area contributed by atoms with Gasteiger partial charge in [-0.2, -0.15) is 0 Å². The Morgan fingerprint density at radius 2 is 2.00 bits per heavy atom. The number of hydrogen-bond acceptors (Lipinski definition) is 2. The van der Waals surface area contributed by atoms with Gasteiger partial charge in [0.2, 0.25) is 0 Å². The summed E-state index contributed by atoms with van der Waals surface area (Å²) in [6.45, 7) is 2.11. The molecular formula is C13H17NO2. The Morgan fingerprint density at radius 1 is 1.31 bits per heavy atom. The third kappa shape index (κ3) is 2.25. The monoisotopic (exact) mass is 219 g/mol.